The van der Waals surface area contributed by atoms with Gasteiger partial charge in [-0.15, -0.1) is 0 Å². The van der Waals surface area contributed by atoms with Crippen LogP contribution in [0.15, 0.2) is 42.5 Å². The quantitative estimate of drug-likeness (QED) is 0.811. The maximum absolute atomic E-state index is 13.7. The fourth-order valence-electron chi connectivity index (χ4n) is 2.20. The van der Waals surface area contributed by atoms with E-state index in [1.807, 2.05) is 6.07 Å². The van der Waals surface area contributed by atoms with Crippen molar-refractivity contribution >= 4 is 18.3 Å². The van der Waals surface area contributed by atoms with Gasteiger partial charge in [-0.05, 0) is 23.8 Å². The lowest BCUT2D eigenvalue weighted by Gasteiger charge is -2.20. The summed E-state index contributed by atoms with van der Waals surface area (Å²) in [5.74, 6) is 0.109. The molecule has 0 aliphatic heterocycles. The topological polar surface area (TPSA) is 52.9 Å². The lowest BCUT2D eigenvalue weighted by Crippen LogP contribution is -2.32. The molecular weight excluding hydrogens is 272 g/mol. The molecule has 2 aromatic rings. The highest BCUT2D eigenvalue weighted by Gasteiger charge is 2.18. The average Bonchev–Trinajstić information content (AvgIpc) is 2.47. The Labute approximate surface area is 123 Å². The second-order valence-electron chi connectivity index (χ2n) is 4.76. The minimum Gasteiger partial charge on any atom is -0.497 e. The number of nitrogens with zero attached hydrogens (tertiary/aromatic N) is 1. The lowest BCUT2D eigenvalue weighted by atomic mass is 9.78. The van der Waals surface area contributed by atoms with E-state index in [0.717, 1.165) is 5.56 Å². The first-order valence-electron chi connectivity index (χ1n) is 6.51. The molecule has 0 heterocycles. The van der Waals surface area contributed by atoms with Crippen molar-refractivity contribution in [3.05, 3.63) is 53.8 Å². The standard InChI is InChI=1S/C15H17BFNO3/c1-18(14-6-4-3-5-13(14)17)10-11-7-8-15(21-2)12(9-11)16(19)20/h3-9,19-20H,10H2,1-2H3. The van der Waals surface area contributed by atoms with Gasteiger partial charge in [0.15, 0.2) is 0 Å². The van der Waals surface area contributed by atoms with Crippen LogP contribution in [0.25, 0.3) is 0 Å². The van der Waals surface area contributed by atoms with Gasteiger partial charge in [0.05, 0.1) is 12.8 Å². The van der Waals surface area contributed by atoms with E-state index in [1.165, 1.54) is 13.2 Å². The first-order chi connectivity index (χ1) is 10.0. The van der Waals surface area contributed by atoms with Gasteiger partial charge in [-0.3, -0.25) is 0 Å². The molecule has 0 aromatic heterocycles. The Kier molecular flexibility index (Phi) is 4.83. The molecule has 0 aliphatic rings. The zero-order valence-electron chi connectivity index (χ0n) is 12.0. The predicted molar refractivity (Wildman–Crippen MR) is 81.3 cm³/mol. The van der Waals surface area contributed by atoms with E-state index < -0.39 is 7.12 Å². The molecule has 0 radical (unpaired) electrons. The Morgan fingerprint density at radius 1 is 1.19 bits per heavy atom. The molecule has 0 amide bonds. The lowest BCUT2D eigenvalue weighted by molar-refractivity contribution is 0.403. The maximum Gasteiger partial charge on any atom is 0.492 e. The van der Waals surface area contributed by atoms with Crippen molar-refractivity contribution in [3.8, 4) is 5.75 Å². The van der Waals surface area contributed by atoms with Crippen molar-refractivity contribution in [3.63, 3.8) is 0 Å². The smallest absolute Gasteiger partial charge is 0.492 e. The van der Waals surface area contributed by atoms with Crippen molar-refractivity contribution in [2.24, 2.45) is 0 Å². The Morgan fingerprint density at radius 3 is 2.52 bits per heavy atom. The zero-order valence-corrected chi connectivity index (χ0v) is 12.0. The van der Waals surface area contributed by atoms with E-state index in [4.69, 9.17) is 4.74 Å². The van der Waals surface area contributed by atoms with Crippen LogP contribution in [0.3, 0.4) is 0 Å². The fourth-order valence-corrected chi connectivity index (χ4v) is 2.20. The summed E-state index contributed by atoms with van der Waals surface area (Å²) in [5, 5.41) is 18.7. The van der Waals surface area contributed by atoms with Crippen molar-refractivity contribution in [1.82, 2.24) is 0 Å². The van der Waals surface area contributed by atoms with Gasteiger partial charge in [-0.2, -0.15) is 0 Å². The molecule has 0 saturated heterocycles. The van der Waals surface area contributed by atoms with Crippen LogP contribution in [0, 0.1) is 5.82 Å². The molecule has 2 N–H and O–H groups in total. The molecule has 6 heteroatoms. The molecule has 0 bridgehead atoms. The van der Waals surface area contributed by atoms with Gasteiger partial charge in [0.25, 0.3) is 0 Å². The van der Waals surface area contributed by atoms with Crippen LogP contribution in [-0.2, 0) is 6.54 Å². The molecule has 0 saturated carbocycles. The van der Waals surface area contributed by atoms with Crippen molar-refractivity contribution < 1.29 is 19.2 Å². The monoisotopic (exact) mass is 289 g/mol. The second-order valence-corrected chi connectivity index (χ2v) is 4.76. The first kappa shape index (κ1) is 15.3. The van der Waals surface area contributed by atoms with Crippen LogP contribution < -0.4 is 15.1 Å². The average molecular weight is 289 g/mol. The molecule has 0 aliphatic carbocycles. The highest BCUT2D eigenvalue weighted by Crippen LogP contribution is 2.20. The second kappa shape index (κ2) is 6.60. The summed E-state index contributed by atoms with van der Waals surface area (Å²) in [5.41, 5.74) is 1.60. The molecule has 0 atom stereocenters. The van der Waals surface area contributed by atoms with Gasteiger partial charge in [0, 0.05) is 19.1 Å². The fraction of sp³-hybridized carbons (Fsp3) is 0.200. The van der Waals surface area contributed by atoms with Crippen LogP contribution in [0.5, 0.6) is 5.75 Å². The Morgan fingerprint density at radius 2 is 1.90 bits per heavy atom. The van der Waals surface area contributed by atoms with Crippen LogP contribution in [0.4, 0.5) is 10.1 Å². The number of hydrogen-bond donors (Lipinski definition) is 2. The number of para-hydroxylation sites is 1. The van der Waals surface area contributed by atoms with E-state index in [-0.39, 0.29) is 11.3 Å². The Balaban J connectivity index is 2.24. The SMILES string of the molecule is COc1ccc(CN(C)c2ccccc2F)cc1B(O)O. The molecule has 110 valence electrons. The molecule has 21 heavy (non-hydrogen) atoms. The number of methoxy groups -OCH3 is 1. The summed E-state index contributed by atoms with van der Waals surface area (Å²) in [4.78, 5) is 1.75. The number of hydrogen-bond acceptors (Lipinski definition) is 4. The van der Waals surface area contributed by atoms with E-state index in [0.29, 0.717) is 18.0 Å². The summed E-state index contributed by atoms with van der Waals surface area (Å²) in [6, 6.07) is 11.6. The zero-order chi connectivity index (χ0) is 15.4. The number of halogens is 1. The Bertz CT molecular complexity index is 622. The van der Waals surface area contributed by atoms with Crippen LogP contribution in [-0.4, -0.2) is 31.3 Å². The largest absolute Gasteiger partial charge is 0.497 e. The summed E-state index contributed by atoms with van der Waals surface area (Å²) in [6.07, 6.45) is 0. The van der Waals surface area contributed by atoms with Gasteiger partial charge in [-0.25, -0.2) is 4.39 Å². The van der Waals surface area contributed by atoms with E-state index in [2.05, 4.69) is 0 Å². The third-order valence-electron chi connectivity index (χ3n) is 3.26. The third-order valence-corrected chi connectivity index (χ3v) is 3.26. The molecular formula is C15H17BFNO3. The molecule has 2 rings (SSSR count). The summed E-state index contributed by atoms with van der Waals surface area (Å²) in [7, 11) is 1.63. The third kappa shape index (κ3) is 3.54. The van der Waals surface area contributed by atoms with Crippen molar-refractivity contribution in [2.75, 3.05) is 19.1 Å². The normalized spacial score (nSPS) is 10.3. The van der Waals surface area contributed by atoms with Gasteiger partial charge in [0.2, 0.25) is 0 Å². The molecule has 0 unspecified atom stereocenters. The first-order valence-corrected chi connectivity index (χ1v) is 6.51. The number of benzene rings is 2. The number of anilines is 1. The van der Waals surface area contributed by atoms with Crippen LogP contribution in [0.2, 0.25) is 0 Å². The van der Waals surface area contributed by atoms with Crippen molar-refractivity contribution in [2.45, 2.75) is 6.54 Å². The molecule has 0 fully saturated rings. The van der Waals surface area contributed by atoms with Crippen LogP contribution >= 0.6 is 0 Å². The molecule has 0 spiro atoms. The number of ether oxygens (including phenoxy) is 1. The minimum absolute atomic E-state index is 0.289. The van der Waals surface area contributed by atoms with Gasteiger partial charge >= 0.3 is 7.12 Å². The molecule has 4 nitrogen and oxygen atoms in total. The van der Waals surface area contributed by atoms with E-state index >= 15 is 0 Å². The van der Waals surface area contributed by atoms with E-state index in [9.17, 15) is 14.4 Å². The van der Waals surface area contributed by atoms with Crippen LogP contribution in [0.1, 0.15) is 5.56 Å². The summed E-state index contributed by atoms with van der Waals surface area (Å²) in [6.45, 7) is 0.435. The minimum atomic E-state index is -1.61. The molecule has 2 aromatic carbocycles. The highest BCUT2D eigenvalue weighted by atomic mass is 19.1. The van der Waals surface area contributed by atoms with Gasteiger partial charge in [-0.1, -0.05) is 24.3 Å². The van der Waals surface area contributed by atoms with Gasteiger partial charge in [0.1, 0.15) is 11.6 Å². The van der Waals surface area contributed by atoms with Crippen molar-refractivity contribution in [1.29, 1.82) is 0 Å². The van der Waals surface area contributed by atoms with E-state index in [1.54, 1.807) is 42.3 Å². The number of rotatable bonds is 5. The summed E-state index contributed by atoms with van der Waals surface area (Å²) < 4.78 is 18.8. The van der Waals surface area contributed by atoms with Gasteiger partial charge < -0.3 is 19.7 Å². The maximum atomic E-state index is 13.7. The summed E-state index contributed by atoms with van der Waals surface area (Å²) >= 11 is 0. The highest BCUT2D eigenvalue weighted by molar-refractivity contribution is 6.59. The Hall–Kier alpha value is -2.05. The predicted octanol–water partition coefficient (Wildman–Crippen LogP) is 1.15.